The molecule has 8 heteroatoms. The van der Waals surface area contributed by atoms with Crippen molar-refractivity contribution in [3.8, 4) is 0 Å². The first kappa shape index (κ1) is 15.4. The van der Waals surface area contributed by atoms with Gasteiger partial charge in [0.15, 0.2) is 0 Å². The highest BCUT2D eigenvalue weighted by atomic mass is 79.9. The van der Waals surface area contributed by atoms with E-state index in [2.05, 4.69) is 20.7 Å². The van der Waals surface area contributed by atoms with Crippen molar-refractivity contribution in [2.75, 3.05) is 10.5 Å². The van der Waals surface area contributed by atoms with Gasteiger partial charge in [-0.1, -0.05) is 29.3 Å². The first-order valence-electron chi connectivity index (χ1n) is 5.33. The van der Waals surface area contributed by atoms with Gasteiger partial charge in [0, 0.05) is 10.2 Å². The Morgan fingerprint density at radius 3 is 2.25 bits per heavy atom. The molecule has 106 valence electrons. The van der Waals surface area contributed by atoms with E-state index in [1.807, 2.05) is 0 Å². The van der Waals surface area contributed by atoms with Crippen molar-refractivity contribution in [3.63, 3.8) is 0 Å². The van der Waals surface area contributed by atoms with Crippen LogP contribution in [0.25, 0.3) is 0 Å². The Balaban J connectivity index is 2.46. The number of hydrogen-bond acceptors (Lipinski definition) is 3. The zero-order valence-electron chi connectivity index (χ0n) is 9.90. The Bertz CT molecular complexity index is 746. The number of nitrogens with one attached hydrogen (secondary N) is 1. The van der Waals surface area contributed by atoms with Gasteiger partial charge in [-0.15, -0.1) is 0 Å². The number of sulfonamides is 1. The molecule has 2 rings (SSSR count). The number of rotatable bonds is 3. The van der Waals surface area contributed by atoms with Crippen LogP contribution in [0, 0.1) is 0 Å². The molecule has 0 bridgehead atoms. The van der Waals surface area contributed by atoms with E-state index in [1.165, 1.54) is 18.2 Å². The summed E-state index contributed by atoms with van der Waals surface area (Å²) >= 11 is 15.1. The monoisotopic (exact) mass is 394 g/mol. The van der Waals surface area contributed by atoms with Gasteiger partial charge in [0.2, 0.25) is 0 Å². The van der Waals surface area contributed by atoms with Crippen LogP contribution in [-0.2, 0) is 10.0 Å². The molecule has 0 unspecified atom stereocenters. The highest BCUT2D eigenvalue weighted by Gasteiger charge is 2.20. The van der Waals surface area contributed by atoms with Crippen molar-refractivity contribution >= 4 is 60.5 Å². The minimum absolute atomic E-state index is 0.0442. The molecule has 0 amide bonds. The van der Waals surface area contributed by atoms with Crippen LogP contribution < -0.4 is 10.5 Å². The predicted octanol–water partition coefficient (Wildman–Crippen LogP) is 4.14. The highest BCUT2D eigenvalue weighted by molar-refractivity contribution is 9.10. The van der Waals surface area contributed by atoms with E-state index >= 15 is 0 Å². The standard InChI is InChI=1S/C12H9BrCl2N2O2S/c13-8-6-7(16)4-5-11(8)20(18,19)17-12-9(14)2-1-3-10(12)15/h1-6,17H,16H2. The number of nitrogen functional groups attached to an aromatic ring is 1. The zero-order chi connectivity index (χ0) is 14.9. The smallest absolute Gasteiger partial charge is 0.263 e. The molecule has 0 aliphatic heterocycles. The van der Waals surface area contributed by atoms with Gasteiger partial charge in [-0.3, -0.25) is 4.72 Å². The van der Waals surface area contributed by atoms with Crippen LogP contribution in [0.5, 0.6) is 0 Å². The summed E-state index contributed by atoms with van der Waals surface area (Å²) in [6.07, 6.45) is 0. The van der Waals surface area contributed by atoms with Crippen LogP contribution in [0.3, 0.4) is 0 Å². The maximum absolute atomic E-state index is 12.3. The fraction of sp³-hybridized carbons (Fsp3) is 0. The largest absolute Gasteiger partial charge is 0.399 e. The fourth-order valence-corrected chi connectivity index (χ4v) is 4.32. The molecule has 2 aromatic carbocycles. The molecule has 4 nitrogen and oxygen atoms in total. The molecule has 0 radical (unpaired) electrons. The fourth-order valence-electron chi connectivity index (χ4n) is 1.52. The van der Waals surface area contributed by atoms with Gasteiger partial charge in [-0.25, -0.2) is 8.42 Å². The molecule has 0 aliphatic rings. The molecule has 0 atom stereocenters. The van der Waals surface area contributed by atoms with Gasteiger partial charge in [-0.05, 0) is 46.3 Å². The summed E-state index contributed by atoms with van der Waals surface area (Å²) in [5, 5.41) is 0.431. The van der Waals surface area contributed by atoms with E-state index in [0.717, 1.165) is 0 Å². The third-order valence-electron chi connectivity index (χ3n) is 2.44. The number of nitrogens with two attached hydrogens (primary N) is 1. The van der Waals surface area contributed by atoms with Crippen molar-refractivity contribution < 1.29 is 8.42 Å². The quantitative estimate of drug-likeness (QED) is 0.767. The summed E-state index contributed by atoms with van der Waals surface area (Å²) in [6.45, 7) is 0. The molecule has 0 aromatic heterocycles. The van der Waals surface area contributed by atoms with Gasteiger partial charge >= 0.3 is 0 Å². The number of benzene rings is 2. The zero-order valence-corrected chi connectivity index (χ0v) is 13.8. The molecule has 0 fully saturated rings. The topological polar surface area (TPSA) is 72.2 Å². The third kappa shape index (κ3) is 3.20. The van der Waals surface area contributed by atoms with E-state index in [1.54, 1.807) is 18.2 Å². The van der Waals surface area contributed by atoms with Gasteiger partial charge in [0.25, 0.3) is 10.0 Å². The van der Waals surface area contributed by atoms with E-state index in [-0.39, 0.29) is 20.6 Å². The first-order valence-corrected chi connectivity index (χ1v) is 8.36. The molecule has 0 spiro atoms. The van der Waals surface area contributed by atoms with E-state index in [9.17, 15) is 8.42 Å². The normalized spacial score (nSPS) is 11.3. The van der Waals surface area contributed by atoms with Crippen molar-refractivity contribution in [2.45, 2.75) is 4.90 Å². The SMILES string of the molecule is Nc1ccc(S(=O)(=O)Nc2c(Cl)cccc2Cl)c(Br)c1. The summed E-state index contributed by atoms with van der Waals surface area (Å²) in [4.78, 5) is 0.0442. The molecule has 2 aromatic rings. The summed E-state index contributed by atoms with van der Waals surface area (Å²) in [5.41, 5.74) is 6.17. The minimum atomic E-state index is -3.83. The van der Waals surface area contributed by atoms with Gasteiger partial charge in [0.1, 0.15) is 4.90 Å². The molecular weight excluding hydrogens is 387 g/mol. The summed E-state index contributed by atoms with van der Waals surface area (Å²) in [6, 6.07) is 9.11. The van der Waals surface area contributed by atoms with Crippen LogP contribution in [0.2, 0.25) is 10.0 Å². The van der Waals surface area contributed by atoms with Crippen molar-refractivity contribution in [2.24, 2.45) is 0 Å². The maximum atomic E-state index is 12.3. The minimum Gasteiger partial charge on any atom is -0.399 e. The van der Waals surface area contributed by atoms with E-state index in [4.69, 9.17) is 28.9 Å². The maximum Gasteiger partial charge on any atom is 0.263 e. The second kappa shape index (κ2) is 5.81. The molecule has 0 saturated carbocycles. The third-order valence-corrected chi connectivity index (χ3v) is 5.40. The average molecular weight is 396 g/mol. The molecule has 0 aliphatic carbocycles. The molecule has 3 N–H and O–H groups in total. The Kier molecular flexibility index (Phi) is 4.49. The molecule has 0 saturated heterocycles. The van der Waals surface area contributed by atoms with Gasteiger partial charge in [0.05, 0.1) is 15.7 Å². The molecule has 0 heterocycles. The van der Waals surface area contributed by atoms with Gasteiger partial charge < -0.3 is 5.73 Å². The van der Waals surface area contributed by atoms with Crippen LogP contribution >= 0.6 is 39.1 Å². The van der Waals surface area contributed by atoms with E-state index < -0.39 is 10.0 Å². The Morgan fingerprint density at radius 1 is 1.10 bits per heavy atom. The van der Waals surface area contributed by atoms with Crippen LogP contribution in [-0.4, -0.2) is 8.42 Å². The van der Waals surface area contributed by atoms with Crippen molar-refractivity contribution in [3.05, 3.63) is 50.9 Å². The Morgan fingerprint density at radius 2 is 1.70 bits per heavy atom. The van der Waals surface area contributed by atoms with Crippen molar-refractivity contribution in [1.82, 2.24) is 0 Å². The molecular formula is C12H9BrCl2N2O2S. The van der Waals surface area contributed by atoms with Gasteiger partial charge in [-0.2, -0.15) is 0 Å². The number of anilines is 2. The summed E-state index contributed by atoms with van der Waals surface area (Å²) < 4.78 is 27.4. The van der Waals surface area contributed by atoms with Crippen LogP contribution in [0.4, 0.5) is 11.4 Å². The lowest BCUT2D eigenvalue weighted by atomic mass is 10.3. The highest BCUT2D eigenvalue weighted by Crippen LogP contribution is 2.33. The number of para-hydroxylation sites is 1. The Labute approximate surface area is 135 Å². The lowest BCUT2D eigenvalue weighted by Gasteiger charge is -2.12. The average Bonchev–Trinajstić information content (AvgIpc) is 2.33. The second-order valence-electron chi connectivity index (χ2n) is 3.89. The lowest BCUT2D eigenvalue weighted by molar-refractivity contribution is 0.601. The van der Waals surface area contributed by atoms with E-state index in [0.29, 0.717) is 10.2 Å². The second-order valence-corrected chi connectivity index (χ2v) is 7.21. The summed E-state index contributed by atoms with van der Waals surface area (Å²) in [5.74, 6) is 0. The van der Waals surface area contributed by atoms with Crippen molar-refractivity contribution in [1.29, 1.82) is 0 Å². The molecule has 20 heavy (non-hydrogen) atoms. The summed E-state index contributed by atoms with van der Waals surface area (Å²) in [7, 11) is -3.83. The predicted molar refractivity (Wildman–Crippen MR) is 85.8 cm³/mol. The van der Waals surface area contributed by atoms with Crippen LogP contribution in [0.1, 0.15) is 0 Å². The lowest BCUT2D eigenvalue weighted by Crippen LogP contribution is -2.14. The number of halogens is 3. The first-order chi connectivity index (χ1) is 9.31. The van der Waals surface area contributed by atoms with Crippen LogP contribution in [0.15, 0.2) is 45.8 Å². The Hall–Kier alpha value is -0.950. The number of hydrogen-bond donors (Lipinski definition) is 2.